The molecule has 4 nitrogen and oxygen atoms in total. The normalized spacial score (nSPS) is 11.7. The molecular weight excluding hydrogens is 266 g/mol. The van der Waals surface area contributed by atoms with Gasteiger partial charge < -0.3 is 10.4 Å². The lowest BCUT2D eigenvalue weighted by atomic mass is 10.0. The molecule has 0 aromatic heterocycles. The Morgan fingerprint density at radius 1 is 1.00 bits per heavy atom. The third-order valence-corrected chi connectivity index (χ3v) is 3.27. The maximum atomic E-state index is 12.0. The molecular formula is C17H17NO3. The van der Waals surface area contributed by atoms with Gasteiger partial charge in [0.25, 0.3) is 5.91 Å². The lowest BCUT2D eigenvalue weighted by Gasteiger charge is -2.12. The zero-order valence-corrected chi connectivity index (χ0v) is 11.7. The van der Waals surface area contributed by atoms with Crippen LogP contribution in [0.1, 0.15) is 23.7 Å². The number of rotatable bonds is 5. The van der Waals surface area contributed by atoms with Gasteiger partial charge in [0.2, 0.25) is 0 Å². The average Bonchev–Trinajstić information content (AvgIpc) is 2.53. The van der Waals surface area contributed by atoms with Crippen molar-refractivity contribution in [2.45, 2.75) is 19.4 Å². The van der Waals surface area contributed by atoms with Crippen LogP contribution in [0.2, 0.25) is 0 Å². The highest BCUT2D eigenvalue weighted by molar-refractivity contribution is 5.96. The summed E-state index contributed by atoms with van der Waals surface area (Å²) in [7, 11) is 0. The van der Waals surface area contributed by atoms with E-state index in [2.05, 4.69) is 5.32 Å². The van der Waals surface area contributed by atoms with Crippen LogP contribution in [0.25, 0.3) is 11.1 Å². The molecule has 0 radical (unpaired) electrons. The van der Waals surface area contributed by atoms with Crippen LogP contribution in [-0.4, -0.2) is 23.0 Å². The summed E-state index contributed by atoms with van der Waals surface area (Å²) in [6.45, 7) is 1.72. The Balaban J connectivity index is 2.12. The molecule has 21 heavy (non-hydrogen) atoms. The van der Waals surface area contributed by atoms with E-state index in [0.717, 1.165) is 11.1 Å². The second-order valence-electron chi connectivity index (χ2n) is 4.72. The van der Waals surface area contributed by atoms with Gasteiger partial charge in [0.15, 0.2) is 0 Å². The van der Waals surface area contributed by atoms with Crippen molar-refractivity contribution in [1.29, 1.82) is 0 Å². The molecule has 0 aliphatic rings. The zero-order chi connectivity index (χ0) is 15.2. The third-order valence-electron chi connectivity index (χ3n) is 3.27. The summed E-state index contributed by atoms with van der Waals surface area (Å²) < 4.78 is 0. The van der Waals surface area contributed by atoms with E-state index < -0.39 is 12.0 Å². The summed E-state index contributed by atoms with van der Waals surface area (Å²) in [6, 6.07) is 16.1. The number of hydrogen-bond donors (Lipinski definition) is 2. The lowest BCUT2D eigenvalue weighted by molar-refractivity contribution is -0.139. The molecule has 0 aliphatic heterocycles. The van der Waals surface area contributed by atoms with Crippen LogP contribution < -0.4 is 5.32 Å². The van der Waals surface area contributed by atoms with E-state index in [0.29, 0.717) is 12.0 Å². The average molecular weight is 283 g/mol. The second-order valence-corrected chi connectivity index (χ2v) is 4.72. The van der Waals surface area contributed by atoms with Crippen molar-refractivity contribution in [3.63, 3.8) is 0 Å². The lowest BCUT2D eigenvalue weighted by Crippen LogP contribution is -2.40. The predicted molar refractivity (Wildman–Crippen MR) is 81.1 cm³/mol. The Bertz CT molecular complexity index is 620. The van der Waals surface area contributed by atoms with Crippen molar-refractivity contribution < 1.29 is 14.7 Å². The van der Waals surface area contributed by atoms with Crippen molar-refractivity contribution in [3.8, 4) is 11.1 Å². The number of carbonyl (C=O) groups excluding carboxylic acids is 1. The van der Waals surface area contributed by atoms with Crippen LogP contribution in [-0.2, 0) is 4.79 Å². The smallest absolute Gasteiger partial charge is 0.326 e. The highest BCUT2D eigenvalue weighted by Gasteiger charge is 2.18. The van der Waals surface area contributed by atoms with E-state index in [-0.39, 0.29) is 5.91 Å². The third kappa shape index (κ3) is 3.69. The quantitative estimate of drug-likeness (QED) is 0.886. The molecule has 2 aromatic rings. The van der Waals surface area contributed by atoms with Gasteiger partial charge in [-0.1, -0.05) is 49.4 Å². The minimum atomic E-state index is -1.02. The largest absolute Gasteiger partial charge is 0.480 e. The monoisotopic (exact) mass is 283 g/mol. The maximum Gasteiger partial charge on any atom is 0.326 e. The zero-order valence-electron chi connectivity index (χ0n) is 11.7. The fourth-order valence-corrected chi connectivity index (χ4v) is 2.02. The number of carboxylic acids is 1. The minimum Gasteiger partial charge on any atom is -0.480 e. The summed E-state index contributed by atoms with van der Waals surface area (Å²) in [5, 5.41) is 11.5. The standard InChI is InChI=1S/C17H17NO3/c1-2-15(17(20)21)18-16(19)14-10-8-13(9-11-14)12-6-4-3-5-7-12/h3-11,15H,2H2,1H3,(H,18,19)(H,20,21). The number of hydrogen-bond acceptors (Lipinski definition) is 2. The number of aliphatic carboxylic acids is 1. The molecule has 0 bridgehead atoms. The van der Waals surface area contributed by atoms with Crippen LogP contribution in [0.4, 0.5) is 0 Å². The van der Waals surface area contributed by atoms with Crippen molar-refractivity contribution in [2.24, 2.45) is 0 Å². The summed E-state index contributed by atoms with van der Waals surface area (Å²) in [6.07, 6.45) is 0.350. The van der Waals surface area contributed by atoms with Crippen molar-refractivity contribution >= 4 is 11.9 Å². The van der Waals surface area contributed by atoms with Crippen LogP contribution in [0, 0.1) is 0 Å². The molecule has 4 heteroatoms. The summed E-state index contributed by atoms with van der Waals surface area (Å²) >= 11 is 0. The Hall–Kier alpha value is -2.62. The molecule has 0 aliphatic carbocycles. The van der Waals surface area contributed by atoms with Gasteiger partial charge in [-0.15, -0.1) is 0 Å². The number of benzene rings is 2. The Morgan fingerprint density at radius 3 is 2.10 bits per heavy atom. The summed E-state index contributed by atoms with van der Waals surface area (Å²) in [5.74, 6) is -1.39. The molecule has 2 rings (SSSR count). The predicted octanol–water partition coefficient (Wildman–Crippen LogP) is 2.95. The second kappa shape index (κ2) is 6.70. The number of amides is 1. The van der Waals surface area contributed by atoms with Crippen molar-refractivity contribution in [1.82, 2.24) is 5.32 Å². The van der Waals surface area contributed by atoms with E-state index in [1.54, 1.807) is 19.1 Å². The summed E-state index contributed by atoms with van der Waals surface area (Å²) in [4.78, 5) is 22.9. The van der Waals surface area contributed by atoms with Gasteiger partial charge in [-0.2, -0.15) is 0 Å². The Morgan fingerprint density at radius 2 is 1.57 bits per heavy atom. The highest BCUT2D eigenvalue weighted by atomic mass is 16.4. The van der Waals surface area contributed by atoms with Gasteiger partial charge >= 0.3 is 5.97 Å². The van der Waals surface area contributed by atoms with E-state index in [4.69, 9.17) is 5.11 Å². The molecule has 1 amide bonds. The maximum absolute atomic E-state index is 12.0. The number of carboxylic acid groups (broad SMARTS) is 1. The van der Waals surface area contributed by atoms with Gasteiger partial charge in [0, 0.05) is 5.56 Å². The van der Waals surface area contributed by atoms with Crippen LogP contribution in [0.3, 0.4) is 0 Å². The van der Waals surface area contributed by atoms with Gasteiger partial charge in [0.1, 0.15) is 6.04 Å². The Labute approximate surface area is 123 Å². The fourth-order valence-electron chi connectivity index (χ4n) is 2.02. The first-order valence-electron chi connectivity index (χ1n) is 6.81. The minimum absolute atomic E-state index is 0.350. The molecule has 1 unspecified atom stereocenters. The topological polar surface area (TPSA) is 66.4 Å². The van der Waals surface area contributed by atoms with E-state index >= 15 is 0 Å². The first-order valence-corrected chi connectivity index (χ1v) is 6.81. The molecule has 0 heterocycles. The number of carbonyl (C=O) groups is 2. The first-order chi connectivity index (χ1) is 10.1. The van der Waals surface area contributed by atoms with Crippen LogP contribution >= 0.6 is 0 Å². The van der Waals surface area contributed by atoms with Crippen molar-refractivity contribution in [3.05, 3.63) is 60.2 Å². The van der Waals surface area contributed by atoms with Gasteiger partial charge in [-0.25, -0.2) is 4.79 Å². The molecule has 2 aromatic carbocycles. The van der Waals surface area contributed by atoms with E-state index in [9.17, 15) is 9.59 Å². The molecule has 0 fully saturated rings. The fraction of sp³-hybridized carbons (Fsp3) is 0.176. The Kier molecular flexibility index (Phi) is 4.72. The van der Waals surface area contributed by atoms with E-state index in [1.165, 1.54) is 0 Å². The molecule has 0 saturated heterocycles. The van der Waals surface area contributed by atoms with Gasteiger partial charge in [-0.3, -0.25) is 4.79 Å². The SMILES string of the molecule is CCC(NC(=O)c1ccc(-c2ccccc2)cc1)C(=O)O. The molecule has 2 N–H and O–H groups in total. The van der Waals surface area contributed by atoms with E-state index in [1.807, 2.05) is 42.5 Å². The molecule has 108 valence electrons. The van der Waals surface area contributed by atoms with Crippen LogP contribution in [0.5, 0.6) is 0 Å². The summed E-state index contributed by atoms with van der Waals surface area (Å²) in [5.41, 5.74) is 2.54. The highest BCUT2D eigenvalue weighted by Crippen LogP contribution is 2.19. The van der Waals surface area contributed by atoms with Gasteiger partial charge in [0.05, 0.1) is 0 Å². The van der Waals surface area contributed by atoms with Crippen molar-refractivity contribution in [2.75, 3.05) is 0 Å². The first kappa shape index (κ1) is 14.8. The molecule has 1 atom stereocenters. The van der Waals surface area contributed by atoms with Crippen LogP contribution in [0.15, 0.2) is 54.6 Å². The molecule has 0 saturated carbocycles. The number of nitrogens with one attached hydrogen (secondary N) is 1. The van der Waals surface area contributed by atoms with Gasteiger partial charge in [-0.05, 0) is 29.7 Å². The molecule has 0 spiro atoms.